The van der Waals surface area contributed by atoms with Gasteiger partial charge in [-0.1, -0.05) is 30.3 Å². The predicted octanol–water partition coefficient (Wildman–Crippen LogP) is 3.45. The molecule has 1 aliphatic heterocycles. The zero-order chi connectivity index (χ0) is 17.8. The largest absolute Gasteiger partial charge is 0.447 e. The molecule has 1 aliphatic rings. The molecule has 0 bridgehead atoms. The minimum Gasteiger partial charge on any atom is -0.447 e. The average Bonchev–Trinajstić information content (AvgIpc) is 3.06. The first kappa shape index (κ1) is 16.4. The van der Waals surface area contributed by atoms with E-state index in [1.54, 1.807) is 36.4 Å². The third-order valence-electron chi connectivity index (χ3n) is 3.71. The summed E-state index contributed by atoms with van der Waals surface area (Å²) in [5, 5.41) is 10.8. The van der Waals surface area contributed by atoms with Crippen LogP contribution in [-0.4, -0.2) is 30.0 Å². The lowest BCUT2D eigenvalue weighted by molar-refractivity contribution is -0.384. The fourth-order valence-electron chi connectivity index (χ4n) is 2.47. The minimum absolute atomic E-state index is 0.0378. The number of amides is 1. The van der Waals surface area contributed by atoms with E-state index in [2.05, 4.69) is 0 Å². The molecular formula is C18H14N2O5. The van der Waals surface area contributed by atoms with Crippen molar-refractivity contribution < 1.29 is 19.2 Å². The number of anilines is 1. The number of cyclic esters (lactones) is 1. The van der Waals surface area contributed by atoms with E-state index in [4.69, 9.17) is 4.74 Å². The summed E-state index contributed by atoms with van der Waals surface area (Å²) in [6.07, 6.45) is 2.43. The number of nitro benzene ring substituents is 1. The van der Waals surface area contributed by atoms with Crippen molar-refractivity contribution in [1.29, 1.82) is 0 Å². The van der Waals surface area contributed by atoms with Crippen LogP contribution in [-0.2, 0) is 4.74 Å². The highest BCUT2D eigenvalue weighted by Crippen LogP contribution is 2.21. The summed E-state index contributed by atoms with van der Waals surface area (Å²) in [5.74, 6) is -0.263. The van der Waals surface area contributed by atoms with Crippen LogP contribution in [0.4, 0.5) is 16.2 Å². The van der Waals surface area contributed by atoms with E-state index in [0.717, 1.165) is 0 Å². The fraction of sp³-hybridized carbons (Fsp3) is 0.111. The number of hydrogen-bond acceptors (Lipinski definition) is 5. The standard InChI is InChI=1S/C18H14N2O5/c21-17(8-7-13-3-1-6-16(11-13)20(23)24)14-4-2-5-15(12-14)19-9-10-25-18(19)22/h1-8,11-12H,9-10H2. The molecule has 0 spiro atoms. The Bertz CT molecular complexity index is 875. The SMILES string of the molecule is O=C(C=Cc1cccc([N+](=O)[O-])c1)c1cccc(N2CCOC2=O)c1. The van der Waals surface area contributed by atoms with Crippen LogP contribution in [0, 0.1) is 10.1 Å². The van der Waals surface area contributed by atoms with Crippen molar-refractivity contribution in [2.75, 3.05) is 18.1 Å². The van der Waals surface area contributed by atoms with Crippen molar-refractivity contribution in [3.63, 3.8) is 0 Å². The van der Waals surface area contributed by atoms with Gasteiger partial charge in [0, 0.05) is 23.4 Å². The Morgan fingerprint density at radius 3 is 2.72 bits per heavy atom. The average molecular weight is 338 g/mol. The van der Waals surface area contributed by atoms with Crippen LogP contribution in [0.3, 0.4) is 0 Å². The highest BCUT2D eigenvalue weighted by Gasteiger charge is 2.23. The summed E-state index contributed by atoms with van der Waals surface area (Å²) in [6.45, 7) is 0.768. The number of ether oxygens (including phenoxy) is 1. The Kier molecular flexibility index (Phi) is 4.56. The van der Waals surface area contributed by atoms with Crippen LogP contribution in [0.1, 0.15) is 15.9 Å². The molecule has 0 aromatic heterocycles. The molecule has 25 heavy (non-hydrogen) atoms. The molecule has 3 rings (SSSR count). The van der Waals surface area contributed by atoms with Crippen LogP contribution in [0.25, 0.3) is 6.08 Å². The molecule has 1 fully saturated rings. The molecule has 0 N–H and O–H groups in total. The van der Waals surface area contributed by atoms with Gasteiger partial charge < -0.3 is 4.74 Å². The van der Waals surface area contributed by atoms with Gasteiger partial charge in [0.15, 0.2) is 5.78 Å². The summed E-state index contributed by atoms with van der Waals surface area (Å²) in [4.78, 5) is 35.7. The maximum absolute atomic E-state index is 12.3. The summed E-state index contributed by atoms with van der Waals surface area (Å²) >= 11 is 0. The highest BCUT2D eigenvalue weighted by atomic mass is 16.6. The fourth-order valence-corrected chi connectivity index (χ4v) is 2.47. The molecule has 126 valence electrons. The predicted molar refractivity (Wildman–Crippen MR) is 91.6 cm³/mol. The van der Waals surface area contributed by atoms with Crippen LogP contribution < -0.4 is 4.90 Å². The second-order valence-corrected chi connectivity index (χ2v) is 5.37. The van der Waals surface area contributed by atoms with Crippen molar-refractivity contribution in [2.24, 2.45) is 0 Å². The highest BCUT2D eigenvalue weighted by molar-refractivity contribution is 6.07. The Labute approximate surface area is 143 Å². The molecule has 0 unspecified atom stereocenters. The van der Waals surface area contributed by atoms with Gasteiger partial charge in [-0.15, -0.1) is 0 Å². The normalized spacial score (nSPS) is 13.9. The zero-order valence-corrected chi connectivity index (χ0v) is 13.1. The van der Waals surface area contributed by atoms with E-state index >= 15 is 0 Å². The number of nitro groups is 1. The van der Waals surface area contributed by atoms with Crippen molar-refractivity contribution in [2.45, 2.75) is 0 Å². The molecule has 7 nitrogen and oxygen atoms in total. The lowest BCUT2D eigenvalue weighted by Gasteiger charge is -2.13. The number of carbonyl (C=O) groups excluding carboxylic acids is 2. The van der Waals surface area contributed by atoms with E-state index in [9.17, 15) is 19.7 Å². The topological polar surface area (TPSA) is 89.8 Å². The smallest absolute Gasteiger partial charge is 0.414 e. The number of benzene rings is 2. The molecule has 7 heteroatoms. The number of rotatable bonds is 5. The van der Waals surface area contributed by atoms with Gasteiger partial charge in [-0.3, -0.25) is 19.8 Å². The van der Waals surface area contributed by atoms with Gasteiger partial charge in [-0.05, 0) is 23.8 Å². The number of nitrogens with zero attached hydrogens (tertiary/aromatic N) is 2. The summed E-state index contributed by atoms with van der Waals surface area (Å²) in [6, 6.07) is 12.7. The molecule has 0 atom stereocenters. The maximum Gasteiger partial charge on any atom is 0.414 e. The number of non-ortho nitro benzene ring substituents is 1. The van der Waals surface area contributed by atoms with Crippen LogP contribution in [0.2, 0.25) is 0 Å². The van der Waals surface area contributed by atoms with Crippen LogP contribution >= 0.6 is 0 Å². The Balaban J connectivity index is 1.78. The van der Waals surface area contributed by atoms with Gasteiger partial charge in [0.05, 0.1) is 11.5 Å². The third kappa shape index (κ3) is 3.72. The molecule has 2 aromatic rings. The van der Waals surface area contributed by atoms with Crippen LogP contribution in [0.15, 0.2) is 54.6 Å². The van der Waals surface area contributed by atoms with Gasteiger partial charge in [-0.25, -0.2) is 4.79 Å². The summed E-state index contributed by atoms with van der Waals surface area (Å²) in [7, 11) is 0. The molecule has 0 aliphatic carbocycles. The van der Waals surface area contributed by atoms with E-state index in [1.165, 1.54) is 29.2 Å². The van der Waals surface area contributed by atoms with Crippen molar-refractivity contribution in [3.8, 4) is 0 Å². The van der Waals surface area contributed by atoms with Gasteiger partial charge in [0.2, 0.25) is 0 Å². The van der Waals surface area contributed by atoms with E-state index in [1.807, 2.05) is 0 Å². The Morgan fingerprint density at radius 1 is 1.20 bits per heavy atom. The first-order chi connectivity index (χ1) is 12.0. The maximum atomic E-state index is 12.3. The lowest BCUT2D eigenvalue weighted by atomic mass is 10.1. The Hall–Kier alpha value is -3.48. The van der Waals surface area contributed by atoms with Gasteiger partial charge in [0.1, 0.15) is 6.61 Å². The van der Waals surface area contributed by atoms with Crippen molar-refractivity contribution >= 4 is 29.3 Å². The van der Waals surface area contributed by atoms with Gasteiger partial charge >= 0.3 is 6.09 Å². The second kappa shape index (κ2) is 6.96. The first-order valence-corrected chi connectivity index (χ1v) is 7.56. The molecule has 1 saturated heterocycles. The van der Waals surface area contributed by atoms with Gasteiger partial charge in [-0.2, -0.15) is 0 Å². The third-order valence-corrected chi connectivity index (χ3v) is 3.71. The van der Waals surface area contributed by atoms with Crippen LogP contribution in [0.5, 0.6) is 0 Å². The quantitative estimate of drug-likeness (QED) is 0.360. The number of ketones is 1. The molecule has 2 aromatic carbocycles. The second-order valence-electron chi connectivity index (χ2n) is 5.37. The lowest BCUT2D eigenvalue weighted by Crippen LogP contribution is -2.23. The summed E-state index contributed by atoms with van der Waals surface area (Å²) in [5.41, 5.74) is 1.53. The number of allylic oxidation sites excluding steroid dienone is 1. The van der Waals surface area contributed by atoms with Crippen molar-refractivity contribution in [3.05, 3.63) is 75.8 Å². The summed E-state index contributed by atoms with van der Waals surface area (Å²) < 4.78 is 4.89. The zero-order valence-electron chi connectivity index (χ0n) is 13.1. The molecule has 0 saturated carbocycles. The molecule has 1 heterocycles. The molecule has 1 amide bonds. The Morgan fingerprint density at radius 2 is 2.00 bits per heavy atom. The van der Waals surface area contributed by atoms with E-state index in [0.29, 0.717) is 30.0 Å². The minimum atomic E-state index is -0.488. The van der Waals surface area contributed by atoms with E-state index < -0.39 is 11.0 Å². The van der Waals surface area contributed by atoms with Gasteiger partial charge in [0.25, 0.3) is 5.69 Å². The molecule has 0 radical (unpaired) electrons. The monoisotopic (exact) mass is 338 g/mol. The first-order valence-electron chi connectivity index (χ1n) is 7.56. The number of carbonyl (C=O) groups is 2. The van der Waals surface area contributed by atoms with E-state index in [-0.39, 0.29) is 11.5 Å². The van der Waals surface area contributed by atoms with Crippen molar-refractivity contribution in [1.82, 2.24) is 0 Å². The number of hydrogen-bond donors (Lipinski definition) is 0. The molecular weight excluding hydrogens is 324 g/mol.